The molecule has 4 nitrogen and oxygen atoms in total. The smallest absolute Gasteiger partial charge is 0.339 e. The largest absolute Gasteiger partial charge is 0.456 e. The normalized spacial score (nSPS) is 20.0. The lowest BCUT2D eigenvalue weighted by Gasteiger charge is -2.41. The van der Waals surface area contributed by atoms with E-state index >= 15 is 0 Å². The number of hydrogen-bond donors (Lipinski definition) is 1. The van der Waals surface area contributed by atoms with Crippen LogP contribution in [0.1, 0.15) is 59.2 Å². The number of ether oxygens (including phenoxy) is 1. The molecule has 1 atom stereocenters. The lowest BCUT2D eigenvalue weighted by atomic mass is 9.65. The van der Waals surface area contributed by atoms with Gasteiger partial charge in [-0.15, -0.1) is 11.6 Å². The van der Waals surface area contributed by atoms with E-state index in [1.165, 1.54) is 0 Å². The maximum absolute atomic E-state index is 13.4. The highest BCUT2D eigenvalue weighted by molar-refractivity contribution is 6.21. The molecule has 2 aromatic rings. The predicted molar refractivity (Wildman–Crippen MR) is 118 cm³/mol. The molecule has 0 radical (unpaired) electrons. The fourth-order valence-corrected chi connectivity index (χ4v) is 4.18. The highest BCUT2D eigenvalue weighted by Gasteiger charge is 2.45. The van der Waals surface area contributed by atoms with Crippen LogP contribution in [0.3, 0.4) is 0 Å². The number of carbonyl (C=O) groups excluding carboxylic acids is 1. The van der Waals surface area contributed by atoms with Crippen molar-refractivity contribution in [1.29, 1.82) is 0 Å². The second-order valence-electron chi connectivity index (χ2n) is 9.93. The Morgan fingerprint density at radius 1 is 1.21 bits per heavy atom. The third-order valence-electron chi connectivity index (χ3n) is 5.38. The van der Waals surface area contributed by atoms with Gasteiger partial charge in [-0.2, -0.15) is 0 Å². The van der Waals surface area contributed by atoms with Gasteiger partial charge in [0, 0.05) is 16.8 Å². The molecule has 0 fully saturated rings. The molecule has 5 heteroatoms. The first-order valence-corrected chi connectivity index (χ1v) is 10.5. The fourth-order valence-electron chi connectivity index (χ4n) is 3.87. The Labute approximate surface area is 177 Å². The van der Waals surface area contributed by atoms with Gasteiger partial charge in [-0.3, -0.25) is 4.98 Å². The summed E-state index contributed by atoms with van der Waals surface area (Å²) in [6.07, 6.45) is 0.462. The van der Waals surface area contributed by atoms with Crippen LogP contribution in [0.2, 0.25) is 0 Å². The number of aliphatic hydroxyl groups excluding tert-OH is 1. The fraction of sp³-hybridized carbons (Fsp3) is 0.500. The number of nitrogens with zero attached hydrogens (tertiary/aromatic N) is 1. The summed E-state index contributed by atoms with van der Waals surface area (Å²) in [5.41, 5.74) is 2.02. The molecule has 1 aliphatic carbocycles. The number of hydrogen-bond acceptors (Lipinski definition) is 4. The van der Waals surface area contributed by atoms with Gasteiger partial charge in [0.25, 0.3) is 0 Å². The van der Waals surface area contributed by atoms with Crippen LogP contribution in [-0.4, -0.2) is 34.1 Å². The third-order valence-corrected chi connectivity index (χ3v) is 5.89. The summed E-state index contributed by atoms with van der Waals surface area (Å²) in [5, 5.41) is 11.3. The lowest BCUT2D eigenvalue weighted by Crippen LogP contribution is -2.41. The summed E-state index contributed by atoms with van der Waals surface area (Å²) in [5.74, 6) is -0.148. The van der Waals surface area contributed by atoms with Gasteiger partial charge in [0.15, 0.2) is 0 Å². The molecule has 1 aromatic carbocycles. The van der Waals surface area contributed by atoms with Crippen molar-refractivity contribution < 1.29 is 14.6 Å². The van der Waals surface area contributed by atoms with Crippen LogP contribution in [0.5, 0.6) is 0 Å². The average Bonchev–Trinajstić information content (AvgIpc) is 2.63. The monoisotopic (exact) mass is 415 g/mol. The molecule has 0 saturated carbocycles. The van der Waals surface area contributed by atoms with Crippen molar-refractivity contribution in [2.24, 2.45) is 5.41 Å². The van der Waals surface area contributed by atoms with Crippen molar-refractivity contribution in [2.75, 3.05) is 12.5 Å². The zero-order valence-electron chi connectivity index (χ0n) is 18.1. The number of fused-ring (bicyclic) bond motifs is 2. The van der Waals surface area contributed by atoms with Gasteiger partial charge >= 0.3 is 5.97 Å². The van der Waals surface area contributed by atoms with Gasteiger partial charge < -0.3 is 9.84 Å². The maximum atomic E-state index is 13.4. The summed E-state index contributed by atoms with van der Waals surface area (Å²) < 4.78 is 5.79. The van der Waals surface area contributed by atoms with Crippen molar-refractivity contribution in [1.82, 2.24) is 4.98 Å². The van der Waals surface area contributed by atoms with Gasteiger partial charge in [-0.1, -0.05) is 39.0 Å². The van der Waals surface area contributed by atoms with Gasteiger partial charge in [-0.25, -0.2) is 4.79 Å². The third kappa shape index (κ3) is 4.06. The minimum atomic E-state index is -0.741. The SMILES string of the molecule is CC(C)(C)OC(=O)C1=C(C(C)(C)C)CC(CO)(CCl)c2nc3ccccc3cc21. The van der Waals surface area contributed by atoms with Crippen LogP contribution in [0.25, 0.3) is 16.5 Å². The Morgan fingerprint density at radius 3 is 2.41 bits per heavy atom. The van der Waals surface area contributed by atoms with E-state index in [1.54, 1.807) is 0 Å². The summed E-state index contributed by atoms with van der Waals surface area (Å²) >= 11 is 6.43. The Hall–Kier alpha value is -1.91. The quantitative estimate of drug-likeness (QED) is 0.549. The second-order valence-corrected chi connectivity index (χ2v) is 10.2. The molecule has 3 rings (SSSR count). The van der Waals surface area contributed by atoms with Crippen LogP contribution in [0, 0.1) is 5.41 Å². The topological polar surface area (TPSA) is 59.4 Å². The van der Waals surface area contributed by atoms with Crippen LogP contribution >= 0.6 is 11.6 Å². The highest BCUT2D eigenvalue weighted by Crippen LogP contribution is 2.49. The number of allylic oxidation sites excluding steroid dienone is 1. The van der Waals surface area contributed by atoms with Crippen LogP contribution in [0.15, 0.2) is 35.9 Å². The first kappa shape index (κ1) is 21.8. The number of carbonyl (C=O) groups is 1. The molecule has 156 valence electrons. The number of rotatable bonds is 3. The standard InChI is InChI=1S/C24H30ClNO3/c1-22(2,3)17-12-24(13-25,14-27)20-16(19(17)21(28)29-23(4,5)6)11-15-9-7-8-10-18(15)26-20/h7-11,27H,12-14H2,1-6H3. The van der Waals surface area contributed by atoms with Crippen molar-refractivity contribution in [2.45, 2.75) is 59.0 Å². The number of aromatic nitrogens is 1. The minimum absolute atomic E-state index is 0.143. The summed E-state index contributed by atoms with van der Waals surface area (Å²) in [4.78, 5) is 18.2. The maximum Gasteiger partial charge on any atom is 0.339 e. The van der Waals surface area contributed by atoms with Crippen molar-refractivity contribution in [3.8, 4) is 0 Å². The molecule has 29 heavy (non-hydrogen) atoms. The van der Waals surface area contributed by atoms with Gasteiger partial charge in [-0.05, 0) is 50.3 Å². The van der Waals surface area contributed by atoms with Crippen LogP contribution in [-0.2, 0) is 14.9 Å². The van der Waals surface area contributed by atoms with Gasteiger partial charge in [0.1, 0.15) is 5.60 Å². The van der Waals surface area contributed by atoms with Crippen molar-refractivity contribution in [3.63, 3.8) is 0 Å². The van der Waals surface area contributed by atoms with E-state index in [-0.39, 0.29) is 23.9 Å². The number of halogens is 1. The Bertz CT molecular complexity index is 976. The van der Waals surface area contributed by atoms with Crippen LogP contribution in [0.4, 0.5) is 0 Å². The van der Waals surface area contributed by atoms with E-state index < -0.39 is 11.0 Å². The summed E-state index contributed by atoms with van der Waals surface area (Å²) in [7, 11) is 0. The predicted octanol–water partition coefficient (Wildman–Crippen LogP) is 5.25. The van der Waals surface area contributed by atoms with Crippen LogP contribution < -0.4 is 0 Å². The van der Waals surface area contributed by atoms with Crippen molar-refractivity contribution >= 4 is 34.0 Å². The summed E-state index contributed by atoms with van der Waals surface area (Å²) in [6, 6.07) is 9.77. The molecule has 0 bridgehead atoms. The Balaban J connectivity index is 2.38. The van der Waals surface area contributed by atoms with E-state index in [9.17, 15) is 9.90 Å². The molecule has 0 aliphatic heterocycles. The van der Waals surface area contributed by atoms with E-state index in [2.05, 4.69) is 20.8 Å². The highest BCUT2D eigenvalue weighted by atomic mass is 35.5. The molecule has 1 N–H and O–H groups in total. The molecule has 1 heterocycles. The molecule has 1 unspecified atom stereocenters. The zero-order valence-corrected chi connectivity index (χ0v) is 18.9. The number of esters is 1. The molecule has 1 aliphatic rings. The molecular formula is C24H30ClNO3. The first-order valence-electron chi connectivity index (χ1n) is 9.96. The summed E-state index contributed by atoms with van der Waals surface area (Å²) in [6.45, 7) is 11.7. The van der Waals surface area contributed by atoms with E-state index in [0.717, 1.165) is 16.5 Å². The molecule has 1 aromatic heterocycles. The number of benzene rings is 1. The number of aliphatic hydroxyl groups is 1. The Kier molecular flexibility index (Phi) is 5.57. The zero-order chi connectivity index (χ0) is 21.6. The first-order chi connectivity index (χ1) is 13.4. The molecular weight excluding hydrogens is 386 g/mol. The molecule has 0 amide bonds. The second kappa shape index (κ2) is 7.41. The molecule has 0 spiro atoms. The van der Waals surface area contributed by atoms with E-state index in [4.69, 9.17) is 21.3 Å². The lowest BCUT2D eigenvalue weighted by molar-refractivity contribution is -0.147. The number of para-hydroxylation sites is 1. The average molecular weight is 416 g/mol. The molecule has 0 saturated heterocycles. The van der Waals surface area contributed by atoms with Gasteiger partial charge in [0.2, 0.25) is 0 Å². The number of alkyl halides is 1. The van der Waals surface area contributed by atoms with E-state index in [1.807, 2.05) is 51.1 Å². The number of pyridine rings is 1. The van der Waals surface area contributed by atoms with Crippen molar-refractivity contribution in [3.05, 3.63) is 47.2 Å². The van der Waals surface area contributed by atoms with Gasteiger partial charge in [0.05, 0.1) is 28.8 Å². The minimum Gasteiger partial charge on any atom is -0.456 e. The van der Waals surface area contributed by atoms with E-state index in [0.29, 0.717) is 23.3 Å². The Morgan fingerprint density at radius 2 is 1.86 bits per heavy atom.